The van der Waals surface area contributed by atoms with E-state index in [0.717, 1.165) is 25.1 Å². The Hall–Kier alpha value is -1.71. The molecule has 1 aromatic rings. The zero-order valence-corrected chi connectivity index (χ0v) is 9.38. The fourth-order valence-electron chi connectivity index (χ4n) is 1.84. The highest BCUT2D eigenvalue weighted by molar-refractivity contribution is 5.85. The normalized spacial score (nSPS) is 13.6. The Morgan fingerprint density at radius 1 is 1.56 bits per heavy atom. The first-order valence-corrected chi connectivity index (χ1v) is 5.60. The maximum atomic E-state index is 11.2. The van der Waals surface area contributed by atoms with Crippen molar-refractivity contribution < 1.29 is 9.53 Å². The zero-order valence-electron chi connectivity index (χ0n) is 9.38. The van der Waals surface area contributed by atoms with Crippen LogP contribution in [0.25, 0.3) is 0 Å². The van der Waals surface area contributed by atoms with E-state index in [0.29, 0.717) is 6.61 Å². The van der Waals surface area contributed by atoms with Gasteiger partial charge in [-0.1, -0.05) is 0 Å². The van der Waals surface area contributed by atoms with E-state index >= 15 is 0 Å². The number of anilines is 2. The van der Waals surface area contributed by atoms with E-state index in [1.165, 1.54) is 11.3 Å². The molecule has 0 aromatic heterocycles. The molecule has 1 aliphatic heterocycles. The molecule has 0 bridgehead atoms. The summed E-state index contributed by atoms with van der Waals surface area (Å²) in [6, 6.07) is 5.88. The van der Waals surface area contributed by atoms with Gasteiger partial charge in [0.05, 0.1) is 6.61 Å². The van der Waals surface area contributed by atoms with Crippen LogP contribution in [-0.4, -0.2) is 19.2 Å². The summed E-state index contributed by atoms with van der Waals surface area (Å²) in [5.74, 6) is 0. The lowest BCUT2D eigenvalue weighted by molar-refractivity contribution is 0.168. The lowest BCUT2D eigenvalue weighted by Gasteiger charge is -2.18. The van der Waals surface area contributed by atoms with Gasteiger partial charge in [-0.2, -0.15) is 0 Å². The fraction of sp³-hybridized carbons (Fsp3) is 0.417. The monoisotopic (exact) mass is 220 g/mol. The van der Waals surface area contributed by atoms with E-state index in [2.05, 4.69) is 10.6 Å². The summed E-state index contributed by atoms with van der Waals surface area (Å²) in [5.41, 5.74) is 3.21. The number of carbonyl (C=O) groups excluding carboxylic acids is 1. The van der Waals surface area contributed by atoms with Crippen molar-refractivity contribution >= 4 is 17.5 Å². The van der Waals surface area contributed by atoms with Gasteiger partial charge in [0.25, 0.3) is 0 Å². The highest BCUT2D eigenvalue weighted by atomic mass is 16.5. The van der Waals surface area contributed by atoms with Crippen molar-refractivity contribution in [1.29, 1.82) is 0 Å². The van der Waals surface area contributed by atoms with Crippen LogP contribution in [-0.2, 0) is 11.2 Å². The van der Waals surface area contributed by atoms with Gasteiger partial charge in [0, 0.05) is 17.9 Å². The van der Waals surface area contributed by atoms with Crippen LogP contribution in [0.4, 0.5) is 16.2 Å². The molecule has 0 atom stereocenters. The van der Waals surface area contributed by atoms with Gasteiger partial charge in [0.1, 0.15) is 0 Å². The third-order valence-electron chi connectivity index (χ3n) is 2.57. The molecule has 0 radical (unpaired) electrons. The number of fused-ring (bicyclic) bond motifs is 1. The molecule has 0 saturated heterocycles. The molecule has 4 nitrogen and oxygen atoms in total. The van der Waals surface area contributed by atoms with Crippen LogP contribution >= 0.6 is 0 Å². The van der Waals surface area contributed by atoms with Crippen LogP contribution in [0, 0.1) is 0 Å². The summed E-state index contributed by atoms with van der Waals surface area (Å²) in [6.45, 7) is 3.20. The molecule has 2 rings (SSSR count). The van der Waals surface area contributed by atoms with Gasteiger partial charge in [-0.3, -0.25) is 5.32 Å². The van der Waals surface area contributed by atoms with Crippen LogP contribution in [0.1, 0.15) is 18.9 Å². The summed E-state index contributed by atoms with van der Waals surface area (Å²) in [7, 11) is 0. The lowest BCUT2D eigenvalue weighted by atomic mass is 10.0. The second-order valence-electron chi connectivity index (χ2n) is 3.75. The number of hydrogen-bond donors (Lipinski definition) is 2. The maximum Gasteiger partial charge on any atom is 0.411 e. The number of rotatable bonds is 2. The van der Waals surface area contributed by atoms with Crippen LogP contribution < -0.4 is 10.6 Å². The molecule has 1 aromatic carbocycles. The Morgan fingerprint density at radius 2 is 2.44 bits per heavy atom. The topological polar surface area (TPSA) is 50.4 Å². The van der Waals surface area contributed by atoms with Crippen molar-refractivity contribution in [3.63, 3.8) is 0 Å². The van der Waals surface area contributed by atoms with Gasteiger partial charge >= 0.3 is 6.09 Å². The molecule has 0 spiro atoms. The standard InChI is InChI=1S/C12H16N2O2/c1-2-16-12(15)14-10-5-6-11-9(8-10)4-3-7-13-11/h5-6,8,13H,2-4,7H2,1H3,(H,14,15). The number of benzene rings is 1. The van der Waals surface area contributed by atoms with Crippen molar-refractivity contribution in [2.24, 2.45) is 0 Å². The van der Waals surface area contributed by atoms with Crippen LogP contribution in [0.15, 0.2) is 18.2 Å². The minimum absolute atomic E-state index is 0.387. The van der Waals surface area contributed by atoms with Crippen molar-refractivity contribution in [3.05, 3.63) is 23.8 Å². The van der Waals surface area contributed by atoms with Crippen LogP contribution in [0.2, 0.25) is 0 Å². The van der Waals surface area contributed by atoms with E-state index in [1.54, 1.807) is 6.92 Å². The average molecular weight is 220 g/mol. The summed E-state index contributed by atoms with van der Waals surface area (Å²) >= 11 is 0. The van der Waals surface area contributed by atoms with E-state index in [1.807, 2.05) is 18.2 Å². The van der Waals surface area contributed by atoms with Crippen molar-refractivity contribution in [1.82, 2.24) is 0 Å². The third-order valence-corrected chi connectivity index (χ3v) is 2.57. The largest absolute Gasteiger partial charge is 0.450 e. The highest BCUT2D eigenvalue weighted by Crippen LogP contribution is 2.25. The number of carbonyl (C=O) groups is 1. The Balaban J connectivity index is 2.08. The SMILES string of the molecule is CCOC(=O)Nc1ccc2c(c1)CCCN2. The van der Waals surface area contributed by atoms with Gasteiger partial charge < -0.3 is 10.1 Å². The molecule has 86 valence electrons. The Kier molecular flexibility index (Phi) is 3.29. The van der Waals surface area contributed by atoms with Crippen molar-refractivity contribution in [3.8, 4) is 0 Å². The molecular weight excluding hydrogens is 204 g/mol. The summed E-state index contributed by atoms with van der Waals surface area (Å²) in [6.07, 6.45) is 1.79. The predicted molar refractivity (Wildman–Crippen MR) is 63.9 cm³/mol. The summed E-state index contributed by atoms with van der Waals surface area (Å²) in [4.78, 5) is 11.2. The molecule has 1 aliphatic rings. The second-order valence-corrected chi connectivity index (χ2v) is 3.75. The van der Waals surface area contributed by atoms with Crippen molar-refractivity contribution in [2.75, 3.05) is 23.8 Å². The molecule has 4 heteroatoms. The molecule has 0 unspecified atom stereocenters. The molecular formula is C12H16N2O2. The zero-order chi connectivity index (χ0) is 11.4. The van der Waals surface area contributed by atoms with Gasteiger partial charge in [-0.25, -0.2) is 4.79 Å². The Labute approximate surface area is 95.0 Å². The van der Waals surface area contributed by atoms with Gasteiger partial charge in [-0.15, -0.1) is 0 Å². The van der Waals surface area contributed by atoms with Crippen LogP contribution in [0.5, 0.6) is 0 Å². The number of ether oxygens (including phenoxy) is 1. The Bertz CT molecular complexity index is 391. The van der Waals surface area contributed by atoms with E-state index in [4.69, 9.17) is 4.74 Å². The van der Waals surface area contributed by atoms with E-state index in [-0.39, 0.29) is 0 Å². The molecule has 0 aliphatic carbocycles. The smallest absolute Gasteiger partial charge is 0.411 e. The van der Waals surface area contributed by atoms with Crippen LogP contribution in [0.3, 0.4) is 0 Å². The molecule has 16 heavy (non-hydrogen) atoms. The summed E-state index contributed by atoms with van der Waals surface area (Å²) in [5, 5.41) is 6.03. The van der Waals surface area contributed by atoms with Crippen molar-refractivity contribution in [2.45, 2.75) is 19.8 Å². The first-order chi connectivity index (χ1) is 7.79. The van der Waals surface area contributed by atoms with Gasteiger partial charge in [0.2, 0.25) is 0 Å². The third kappa shape index (κ3) is 2.45. The number of aryl methyl sites for hydroxylation is 1. The maximum absolute atomic E-state index is 11.2. The first kappa shape index (κ1) is 10.8. The fourth-order valence-corrected chi connectivity index (χ4v) is 1.84. The van der Waals surface area contributed by atoms with Gasteiger partial charge in [-0.05, 0) is 43.5 Å². The molecule has 0 fully saturated rings. The molecule has 1 heterocycles. The predicted octanol–water partition coefficient (Wildman–Crippen LogP) is 2.61. The van der Waals surface area contributed by atoms with Gasteiger partial charge in [0.15, 0.2) is 0 Å². The quantitative estimate of drug-likeness (QED) is 0.805. The highest BCUT2D eigenvalue weighted by Gasteiger charge is 2.09. The van der Waals surface area contributed by atoms with E-state index < -0.39 is 6.09 Å². The molecule has 1 amide bonds. The number of amides is 1. The minimum Gasteiger partial charge on any atom is -0.450 e. The lowest BCUT2D eigenvalue weighted by Crippen LogP contribution is -2.15. The number of hydrogen-bond acceptors (Lipinski definition) is 3. The van der Waals surface area contributed by atoms with E-state index in [9.17, 15) is 4.79 Å². The minimum atomic E-state index is -0.397. The first-order valence-electron chi connectivity index (χ1n) is 5.60. The molecule has 0 saturated carbocycles. The second kappa shape index (κ2) is 4.88. The molecule has 2 N–H and O–H groups in total. The number of nitrogens with one attached hydrogen (secondary N) is 2. The Morgan fingerprint density at radius 3 is 3.25 bits per heavy atom. The summed E-state index contributed by atoms with van der Waals surface area (Å²) < 4.78 is 4.82. The average Bonchev–Trinajstić information content (AvgIpc) is 2.29.